The van der Waals surface area contributed by atoms with Crippen molar-refractivity contribution in [3.8, 4) is 11.1 Å². The van der Waals surface area contributed by atoms with Crippen molar-refractivity contribution >= 4 is 12.1 Å². The van der Waals surface area contributed by atoms with Crippen molar-refractivity contribution in [2.75, 3.05) is 6.61 Å². The average Bonchev–Trinajstić information content (AvgIpc) is 3.20. The van der Waals surface area contributed by atoms with Crippen LogP contribution in [-0.2, 0) is 9.53 Å². The van der Waals surface area contributed by atoms with Crippen molar-refractivity contribution in [3.05, 3.63) is 59.7 Å². The molecule has 3 aliphatic carbocycles. The summed E-state index contributed by atoms with van der Waals surface area (Å²) in [5.41, 5.74) is 4.81. The molecule has 0 bridgehead atoms. The van der Waals surface area contributed by atoms with Crippen molar-refractivity contribution in [1.29, 1.82) is 0 Å². The third-order valence-electron chi connectivity index (χ3n) is 6.82. The van der Waals surface area contributed by atoms with Crippen LogP contribution in [-0.4, -0.2) is 29.8 Å². The topological polar surface area (TPSA) is 75.6 Å². The lowest BCUT2D eigenvalue weighted by Crippen LogP contribution is -2.50. The highest BCUT2D eigenvalue weighted by Gasteiger charge is 2.50. The number of ether oxygens (including phenoxy) is 1. The standard InChI is InChI=1S/C23H23NO4/c25-22(26)14-9-13-11-21(19(13)10-14)24-23(27)28-12-20-17-7-3-1-5-15(17)16-6-2-4-8-18(16)20/h1-8,13-14,19-21H,9-12H2,(H,24,27)(H,25,26). The van der Waals surface area contributed by atoms with Crippen molar-refractivity contribution in [2.24, 2.45) is 17.8 Å². The maximum atomic E-state index is 12.4. The molecule has 2 N–H and O–H groups in total. The van der Waals surface area contributed by atoms with Gasteiger partial charge in [0.25, 0.3) is 0 Å². The van der Waals surface area contributed by atoms with Crippen LogP contribution in [0, 0.1) is 17.8 Å². The fourth-order valence-corrected chi connectivity index (χ4v) is 5.39. The van der Waals surface area contributed by atoms with E-state index in [-0.39, 0.29) is 23.8 Å². The minimum absolute atomic E-state index is 0.0463. The van der Waals surface area contributed by atoms with E-state index in [1.807, 2.05) is 24.3 Å². The number of fused-ring (bicyclic) bond motifs is 4. The van der Waals surface area contributed by atoms with Gasteiger partial charge in [0.05, 0.1) is 5.92 Å². The lowest BCUT2D eigenvalue weighted by atomic mass is 9.71. The molecule has 5 nitrogen and oxygen atoms in total. The van der Waals surface area contributed by atoms with Gasteiger partial charge in [-0.3, -0.25) is 4.79 Å². The lowest BCUT2D eigenvalue weighted by Gasteiger charge is -2.40. The maximum Gasteiger partial charge on any atom is 0.407 e. The molecule has 2 saturated carbocycles. The zero-order valence-electron chi connectivity index (χ0n) is 15.5. The van der Waals surface area contributed by atoms with Gasteiger partial charge in [-0.2, -0.15) is 0 Å². The highest BCUT2D eigenvalue weighted by Crippen LogP contribution is 2.50. The Kier molecular flexibility index (Phi) is 4.11. The minimum atomic E-state index is -0.714. The average molecular weight is 377 g/mol. The van der Waals surface area contributed by atoms with E-state index in [9.17, 15) is 14.7 Å². The van der Waals surface area contributed by atoms with Crippen molar-refractivity contribution < 1.29 is 19.4 Å². The molecule has 5 rings (SSSR count). The second-order valence-electron chi connectivity index (χ2n) is 8.24. The molecule has 0 aliphatic heterocycles. The first-order chi connectivity index (χ1) is 13.6. The summed E-state index contributed by atoms with van der Waals surface area (Å²) in [6.45, 7) is 0.304. The largest absolute Gasteiger partial charge is 0.481 e. The van der Waals surface area contributed by atoms with E-state index in [1.54, 1.807) is 0 Å². The Morgan fingerprint density at radius 3 is 2.25 bits per heavy atom. The third kappa shape index (κ3) is 2.77. The van der Waals surface area contributed by atoms with Gasteiger partial charge in [0.1, 0.15) is 6.61 Å². The quantitative estimate of drug-likeness (QED) is 0.844. The lowest BCUT2D eigenvalue weighted by molar-refractivity contribution is -0.141. The van der Waals surface area contributed by atoms with Gasteiger partial charge in [-0.15, -0.1) is 0 Å². The number of aliphatic carboxylic acids is 1. The molecule has 2 fully saturated rings. The van der Waals surface area contributed by atoms with Crippen LogP contribution in [0.3, 0.4) is 0 Å². The van der Waals surface area contributed by atoms with Crippen LogP contribution in [0.1, 0.15) is 36.3 Å². The van der Waals surface area contributed by atoms with Gasteiger partial charge in [0, 0.05) is 12.0 Å². The number of carboxylic acids is 1. The Balaban J connectivity index is 1.22. The van der Waals surface area contributed by atoms with Crippen LogP contribution in [0.4, 0.5) is 4.79 Å². The SMILES string of the molecule is O=C(NC1CC2CC(C(=O)O)CC21)OCC1c2ccccc2-c2ccccc21. The van der Waals surface area contributed by atoms with Gasteiger partial charge in [0.2, 0.25) is 0 Å². The number of hydrogen-bond donors (Lipinski definition) is 2. The number of benzene rings is 2. The molecule has 4 unspecified atom stereocenters. The first-order valence-electron chi connectivity index (χ1n) is 9.96. The molecule has 4 atom stereocenters. The molecule has 2 aromatic rings. The molecule has 0 aromatic heterocycles. The summed E-state index contributed by atoms with van der Waals surface area (Å²) in [6.07, 6.45) is 1.86. The Labute approximate surface area is 163 Å². The first kappa shape index (κ1) is 17.3. The van der Waals surface area contributed by atoms with Gasteiger partial charge < -0.3 is 15.2 Å². The summed E-state index contributed by atoms with van der Waals surface area (Å²) in [5, 5.41) is 12.2. The highest BCUT2D eigenvalue weighted by atomic mass is 16.5. The molecule has 28 heavy (non-hydrogen) atoms. The molecular weight excluding hydrogens is 354 g/mol. The number of amides is 1. The molecule has 2 aromatic carbocycles. The van der Waals surface area contributed by atoms with Crippen LogP contribution in [0.25, 0.3) is 11.1 Å². The summed E-state index contributed by atoms with van der Waals surface area (Å²) in [5.74, 6) is -0.213. The van der Waals surface area contributed by atoms with Gasteiger partial charge in [-0.25, -0.2) is 4.79 Å². The van der Waals surface area contributed by atoms with Crippen molar-refractivity contribution in [2.45, 2.75) is 31.2 Å². The molecule has 144 valence electrons. The second kappa shape index (κ2) is 6.66. The fraction of sp³-hybridized carbons (Fsp3) is 0.391. The second-order valence-corrected chi connectivity index (χ2v) is 8.24. The van der Waals surface area contributed by atoms with E-state index in [2.05, 4.69) is 29.6 Å². The van der Waals surface area contributed by atoms with Crippen LogP contribution in [0.5, 0.6) is 0 Å². The van der Waals surface area contributed by atoms with Crippen LogP contribution >= 0.6 is 0 Å². The molecule has 5 heteroatoms. The smallest absolute Gasteiger partial charge is 0.407 e. The zero-order chi connectivity index (χ0) is 19.3. The van der Waals surface area contributed by atoms with Crippen molar-refractivity contribution in [3.63, 3.8) is 0 Å². The van der Waals surface area contributed by atoms with Crippen LogP contribution in [0.15, 0.2) is 48.5 Å². The van der Waals surface area contributed by atoms with E-state index >= 15 is 0 Å². The van der Waals surface area contributed by atoms with E-state index < -0.39 is 12.1 Å². The maximum absolute atomic E-state index is 12.4. The summed E-state index contributed by atoms with van der Waals surface area (Å²) in [4.78, 5) is 23.6. The van der Waals surface area contributed by atoms with E-state index in [1.165, 1.54) is 22.3 Å². The first-order valence-corrected chi connectivity index (χ1v) is 9.96. The van der Waals surface area contributed by atoms with Gasteiger partial charge in [-0.05, 0) is 53.4 Å². The van der Waals surface area contributed by atoms with Gasteiger partial charge >= 0.3 is 12.1 Å². The monoisotopic (exact) mass is 377 g/mol. The minimum Gasteiger partial charge on any atom is -0.481 e. The third-order valence-corrected chi connectivity index (χ3v) is 6.82. The Bertz CT molecular complexity index is 894. The molecule has 1 amide bonds. The predicted molar refractivity (Wildman–Crippen MR) is 104 cm³/mol. The molecule has 0 saturated heterocycles. The fourth-order valence-electron chi connectivity index (χ4n) is 5.39. The normalized spacial score (nSPS) is 27.3. The van der Waals surface area contributed by atoms with E-state index in [0.29, 0.717) is 18.9 Å². The van der Waals surface area contributed by atoms with Gasteiger partial charge in [0.15, 0.2) is 0 Å². The Hall–Kier alpha value is -2.82. The van der Waals surface area contributed by atoms with Crippen LogP contribution < -0.4 is 5.32 Å². The van der Waals surface area contributed by atoms with E-state index in [0.717, 1.165) is 12.8 Å². The molecule has 0 heterocycles. The Morgan fingerprint density at radius 1 is 0.964 bits per heavy atom. The number of carboxylic acid groups (broad SMARTS) is 1. The van der Waals surface area contributed by atoms with Gasteiger partial charge in [-0.1, -0.05) is 48.5 Å². The number of carbonyl (C=O) groups excluding carboxylic acids is 1. The number of carbonyl (C=O) groups is 2. The number of hydrogen-bond acceptors (Lipinski definition) is 3. The number of rotatable bonds is 4. The highest BCUT2D eigenvalue weighted by molar-refractivity contribution is 5.79. The summed E-state index contributed by atoms with van der Waals surface area (Å²) < 4.78 is 5.60. The molecule has 3 aliphatic rings. The molecular formula is C23H23NO4. The van der Waals surface area contributed by atoms with Crippen LogP contribution in [0.2, 0.25) is 0 Å². The van der Waals surface area contributed by atoms with Crippen molar-refractivity contribution in [1.82, 2.24) is 5.32 Å². The predicted octanol–water partition coefficient (Wildman–Crippen LogP) is 4.02. The Morgan fingerprint density at radius 2 is 1.61 bits per heavy atom. The van der Waals surface area contributed by atoms with E-state index in [4.69, 9.17) is 4.74 Å². The molecule has 0 radical (unpaired) electrons. The summed E-state index contributed by atoms with van der Waals surface area (Å²) in [6, 6.07) is 16.6. The number of alkyl carbamates (subject to hydrolysis) is 1. The summed E-state index contributed by atoms with van der Waals surface area (Å²) >= 11 is 0. The molecule has 0 spiro atoms. The zero-order valence-corrected chi connectivity index (χ0v) is 15.5. The summed E-state index contributed by atoms with van der Waals surface area (Å²) in [7, 11) is 0. The number of nitrogens with one attached hydrogen (secondary N) is 1.